The first-order chi connectivity index (χ1) is 7.17. The van der Waals surface area contributed by atoms with Gasteiger partial charge in [0.1, 0.15) is 0 Å². The molecule has 1 atom stereocenters. The third-order valence-corrected chi connectivity index (χ3v) is 4.14. The van der Waals surface area contributed by atoms with Gasteiger partial charge in [0, 0.05) is 4.83 Å². The van der Waals surface area contributed by atoms with Gasteiger partial charge in [-0.2, -0.15) is 0 Å². The lowest BCUT2D eigenvalue weighted by Crippen LogP contribution is -2.15. The molecule has 0 radical (unpaired) electrons. The van der Waals surface area contributed by atoms with Crippen LogP contribution < -0.4 is 0 Å². The molecule has 1 aromatic carbocycles. The lowest BCUT2D eigenvalue weighted by atomic mass is 9.94. The van der Waals surface area contributed by atoms with Crippen molar-refractivity contribution in [2.24, 2.45) is 5.92 Å². The van der Waals surface area contributed by atoms with Gasteiger partial charge in [-0.15, -0.1) is 0 Å². The van der Waals surface area contributed by atoms with E-state index in [0.717, 1.165) is 12.3 Å². The summed E-state index contributed by atoms with van der Waals surface area (Å²) < 4.78 is 0. The second-order valence-electron chi connectivity index (χ2n) is 4.29. The summed E-state index contributed by atoms with van der Waals surface area (Å²) in [5.74, 6) is 0.797. The van der Waals surface area contributed by atoms with E-state index in [9.17, 15) is 0 Å². The van der Waals surface area contributed by atoms with Crippen molar-refractivity contribution in [1.29, 1.82) is 0 Å². The molecule has 1 unspecified atom stereocenters. The first-order valence-electron chi connectivity index (χ1n) is 5.87. The fourth-order valence-corrected chi connectivity index (χ4v) is 3.15. The summed E-state index contributed by atoms with van der Waals surface area (Å²) in [7, 11) is 0. The van der Waals surface area contributed by atoms with E-state index in [1.54, 1.807) is 0 Å². The summed E-state index contributed by atoms with van der Waals surface area (Å²) >= 11 is 3.83. The van der Waals surface area contributed by atoms with Crippen molar-refractivity contribution in [3.63, 3.8) is 0 Å². The molecule has 1 aromatic rings. The molecular weight excluding hydrogens is 248 g/mol. The average Bonchev–Trinajstić information content (AvgIpc) is 2.19. The van der Waals surface area contributed by atoms with Crippen molar-refractivity contribution in [2.75, 3.05) is 0 Å². The Morgan fingerprint density at radius 3 is 2.40 bits per heavy atom. The Labute approximate surface area is 102 Å². The predicted molar refractivity (Wildman–Crippen MR) is 71.7 cm³/mol. The Kier molecular flexibility index (Phi) is 5.38. The van der Waals surface area contributed by atoms with Crippen LogP contribution >= 0.6 is 15.9 Å². The van der Waals surface area contributed by atoms with Crippen LogP contribution in [0.5, 0.6) is 0 Å². The third kappa shape index (κ3) is 3.98. The second-order valence-corrected chi connectivity index (χ2v) is 5.46. The summed E-state index contributed by atoms with van der Waals surface area (Å²) in [5, 5.41) is 0. The van der Waals surface area contributed by atoms with Gasteiger partial charge in [0.15, 0.2) is 0 Å². The zero-order valence-corrected chi connectivity index (χ0v) is 11.5. The number of aryl methyl sites for hydroxylation is 1. The zero-order chi connectivity index (χ0) is 11.3. The summed E-state index contributed by atoms with van der Waals surface area (Å²) in [6, 6.07) is 8.82. The molecule has 0 amide bonds. The molecule has 0 aliphatic heterocycles. The molecule has 15 heavy (non-hydrogen) atoms. The smallest absolute Gasteiger partial charge is 0.0214 e. The molecule has 0 aromatic heterocycles. The van der Waals surface area contributed by atoms with Gasteiger partial charge >= 0.3 is 0 Å². The van der Waals surface area contributed by atoms with Crippen molar-refractivity contribution in [1.82, 2.24) is 0 Å². The van der Waals surface area contributed by atoms with Gasteiger partial charge in [0.2, 0.25) is 0 Å². The van der Waals surface area contributed by atoms with E-state index in [-0.39, 0.29) is 0 Å². The molecule has 0 heterocycles. The Hall–Kier alpha value is -0.300. The average molecular weight is 269 g/mol. The normalized spacial score (nSPS) is 13.1. The van der Waals surface area contributed by atoms with E-state index < -0.39 is 0 Å². The SMILES string of the molecule is CCC(CC)C(Br)Cc1cccc(C)c1. The number of hydrogen-bond donors (Lipinski definition) is 0. The third-order valence-electron chi connectivity index (χ3n) is 3.07. The molecule has 0 aliphatic carbocycles. The first-order valence-corrected chi connectivity index (χ1v) is 6.78. The highest BCUT2D eigenvalue weighted by Gasteiger charge is 2.15. The Balaban J connectivity index is 2.61. The molecule has 1 rings (SSSR count). The number of rotatable bonds is 5. The fraction of sp³-hybridized carbons (Fsp3) is 0.571. The molecule has 0 bridgehead atoms. The lowest BCUT2D eigenvalue weighted by Gasteiger charge is -2.19. The Morgan fingerprint density at radius 1 is 1.20 bits per heavy atom. The van der Waals surface area contributed by atoms with E-state index in [4.69, 9.17) is 0 Å². The molecular formula is C14H21Br. The number of alkyl halides is 1. The van der Waals surface area contributed by atoms with Crippen LogP contribution in [0.3, 0.4) is 0 Å². The quantitative estimate of drug-likeness (QED) is 0.677. The predicted octanol–water partition coefficient (Wildman–Crippen LogP) is 4.74. The van der Waals surface area contributed by atoms with Crippen molar-refractivity contribution in [3.05, 3.63) is 35.4 Å². The van der Waals surface area contributed by atoms with Crippen LogP contribution in [0.4, 0.5) is 0 Å². The van der Waals surface area contributed by atoms with Crippen molar-refractivity contribution >= 4 is 15.9 Å². The maximum atomic E-state index is 3.83. The van der Waals surface area contributed by atoms with E-state index in [2.05, 4.69) is 61.0 Å². The van der Waals surface area contributed by atoms with Crippen molar-refractivity contribution < 1.29 is 0 Å². The van der Waals surface area contributed by atoms with Crippen molar-refractivity contribution in [3.8, 4) is 0 Å². The van der Waals surface area contributed by atoms with Gasteiger partial charge in [0.05, 0.1) is 0 Å². The summed E-state index contributed by atoms with van der Waals surface area (Å²) in [6.07, 6.45) is 3.67. The van der Waals surface area contributed by atoms with Gasteiger partial charge in [-0.1, -0.05) is 72.4 Å². The maximum absolute atomic E-state index is 3.83. The van der Waals surface area contributed by atoms with Crippen LogP contribution in [0.2, 0.25) is 0 Å². The summed E-state index contributed by atoms with van der Waals surface area (Å²) in [6.45, 7) is 6.71. The minimum atomic E-state index is 0.620. The molecule has 0 spiro atoms. The van der Waals surface area contributed by atoms with Gasteiger partial charge in [-0.25, -0.2) is 0 Å². The highest BCUT2D eigenvalue weighted by molar-refractivity contribution is 9.09. The van der Waals surface area contributed by atoms with Crippen LogP contribution in [-0.4, -0.2) is 4.83 Å². The molecule has 0 saturated heterocycles. The first kappa shape index (κ1) is 12.8. The van der Waals surface area contributed by atoms with E-state index >= 15 is 0 Å². The van der Waals surface area contributed by atoms with Gasteiger partial charge in [0.25, 0.3) is 0 Å². The molecule has 0 N–H and O–H groups in total. The summed E-state index contributed by atoms with van der Waals surface area (Å²) in [4.78, 5) is 0.620. The molecule has 0 fully saturated rings. The fourth-order valence-electron chi connectivity index (χ4n) is 2.03. The molecule has 1 heteroatoms. The Morgan fingerprint density at radius 2 is 1.87 bits per heavy atom. The lowest BCUT2D eigenvalue weighted by molar-refractivity contribution is 0.475. The van der Waals surface area contributed by atoms with E-state index in [1.807, 2.05) is 0 Å². The molecule has 0 nitrogen and oxygen atoms in total. The molecule has 0 saturated carbocycles. The van der Waals surface area contributed by atoms with Gasteiger partial charge in [-0.3, -0.25) is 0 Å². The topological polar surface area (TPSA) is 0 Å². The number of benzene rings is 1. The van der Waals surface area contributed by atoms with Crippen LogP contribution in [-0.2, 0) is 6.42 Å². The molecule has 84 valence electrons. The molecule has 0 aliphatic rings. The van der Waals surface area contributed by atoms with Gasteiger partial charge < -0.3 is 0 Å². The zero-order valence-electron chi connectivity index (χ0n) is 9.96. The maximum Gasteiger partial charge on any atom is 0.0214 e. The largest absolute Gasteiger partial charge is 0.0884 e. The van der Waals surface area contributed by atoms with E-state index in [0.29, 0.717) is 4.83 Å². The second kappa shape index (κ2) is 6.32. The van der Waals surface area contributed by atoms with Crippen LogP contribution in [0.25, 0.3) is 0 Å². The van der Waals surface area contributed by atoms with Crippen LogP contribution in [0.1, 0.15) is 37.8 Å². The minimum Gasteiger partial charge on any atom is -0.0884 e. The standard InChI is InChI=1S/C14H21Br/c1-4-13(5-2)14(15)10-12-8-6-7-11(3)9-12/h6-9,13-14H,4-5,10H2,1-3H3. The monoisotopic (exact) mass is 268 g/mol. The Bertz CT molecular complexity index is 289. The van der Waals surface area contributed by atoms with E-state index in [1.165, 1.54) is 24.0 Å². The highest BCUT2D eigenvalue weighted by Crippen LogP contribution is 2.24. The van der Waals surface area contributed by atoms with Crippen LogP contribution in [0, 0.1) is 12.8 Å². The van der Waals surface area contributed by atoms with Gasteiger partial charge in [-0.05, 0) is 24.8 Å². The van der Waals surface area contributed by atoms with Crippen molar-refractivity contribution in [2.45, 2.75) is 44.9 Å². The summed E-state index contributed by atoms with van der Waals surface area (Å²) in [5.41, 5.74) is 2.81. The highest BCUT2D eigenvalue weighted by atomic mass is 79.9. The number of hydrogen-bond acceptors (Lipinski definition) is 0. The minimum absolute atomic E-state index is 0.620. The number of halogens is 1. The van der Waals surface area contributed by atoms with Crippen LogP contribution in [0.15, 0.2) is 24.3 Å².